The van der Waals surface area contributed by atoms with E-state index in [1.807, 2.05) is 13.0 Å². The fraction of sp³-hybridized carbons (Fsp3) is 0.458. The number of nitrogens with one attached hydrogen (secondary N) is 1. The molecule has 1 aliphatic heterocycles. The Kier molecular flexibility index (Phi) is 7.46. The summed E-state index contributed by atoms with van der Waals surface area (Å²) < 4.78 is 10.1. The molecule has 186 valence electrons. The van der Waals surface area contributed by atoms with Gasteiger partial charge in [0.25, 0.3) is 5.56 Å². The number of thiophene rings is 1. The first kappa shape index (κ1) is 24.8. The van der Waals surface area contributed by atoms with Crippen LogP contribution in [0.1, 0.15) is 58.2 Å². The van der Waals surface area contributed by atoms with E-state index in [1.54, 1.807) is 33.0 Å². The zero-order valence-corrected chi connectivity index (χ0v) is 21.1. The van der Waals surface area contributed by atoms with Crippen LogP contribution in [0.4, 0.5) is 5.82 Å². The second kappa shape index (κ2) is 10.5. The maximum absolute atomic E-state index is 12.8. The van der Waals surface area contributed by atoms with Crippen molar-refractivity contribution in [2.45, 2.75) is 33.7 Å². The highest BCUT2D eigenvalue weighted by Crippen LogP contribution is 2.29. The summed E-state index contributed by atoms with van der Waals surface area (Å²) in [5, 5.41) is 0.441. The summed E-state index contributed by atoms with van der Waals surface area (Å²) in [6.07, 6.45) is 1.54. The number of hydrogen-bond donors (Lipinski definition) is 1. The van der Waals surface area contributed by atoms with Crippen LogP contribution in [0.15, 0.2) is 23.1 Å². The van der Waals surface area contributed by atoms with E-state index in [9.17, 15) is 14.4 Å². The summed E-state index contributed by atoms with van der Waals surface area (Å²) in [5.41, 5.74) is 0.792. The van der Waals surface area contributed by atoms with Crippen molar-refractivity contribution in [1.29, 1.82) is 0 Å². The number of aryl methyl sites for hydroxylation is 1. The van der Waals surface area contributed by atoms with E-state index < -0.39 is 5.97 Å². The van der Waals surface area contributed by atoms with Crippen LogP contribution in [-0.2, 0) is 9.47 Å². The topological polar surface area (TPSA) is 118 Å². The molecule has 0 aliphatic carbocycles. The molecule has 3 aromatic rings. The van der Waals surface area contributed by atoms with Crippen molar-refractivity contribution in [2.75, 3.05) is 44.3 Å². The van der Waals surface area contributed by atoms with Crippen molar-refractivity contribution >= 4 is 39.3 Å². The molecule has 4 heterocycles. The molecule has 1 fully saturated rings. The molecule has 3 aromatic heterocycles. The molecule has 1 N–H and O–H groups in total. The van der Waals surface area contributed by atoms with Crippen LogP contribution in [0.25, 0.3) is 10.2 Å². The molecule has 1 aliphatic rings. The number of anilines is 1. The average molecular weight is 500 g/mol. The molecule has 10 nitrogen and oxygen atoms in total. The molecule has 0 bridgehead atoms. The first-order chi connectivity index (χ1) is 16.8. The summed E-state index contributed by atoms with van der Waals surface area (Å²) >= 11 is 1.19. The number of carbonyl (C=O) groups excluding carboxylic acids is 2. The summed E-state index contributed by atoms with van der Waals surface area (Å²) in [4.78, 5) is 54.3. The summed E-state index contributed by atoms with van der Waals surface area (Å²) in [7, 11) is 0. The minimum absolute atomic E-state index is 0.109. The molecule has 11 heteroatoms. The van der Waals surface area contributed by atoms with Crippen LogP contribution in [0, 0.1) is 6.92 Å². The number of pyridine rings is 1. The first-order valence-electron chi connectivity index (χ1n) is 11.7. The quantitative estimate of drug-likeness (QED) is 0.490. The lowest BCUT2D eigenvalue weighted by atomic mass is 10.2. The largest absolute Gasteiger partial charge is 0.462 e. The van der Waals surface area contributed by atoms with Crippen LogP contribution < -0.4 is 10.5 Å². The maximum atomic E-state index is 12.8. The number of ether oxygens (including phenoxy) is 2. The van der Waals surface area contributed by atoms with Gasteiger partial charge >= 0.3 is 11.9 Å². The van der Waals surface area contributed by atoms with Gasteiger partial charge in [0.1, 0.15) is 21.3 Å². The second-order valence-electron chi connectivity index (χ2n) is 8.23. The number of fused-ring (bicyclic) bond motifs is 1. The first-order valence-corrected chi connectivity index (χ1v) is 12.5. The molecular formula is C24H29N5O5S. The van der Waals surface area contributed by atoms with Gasteiger partial charge in [-0.2, -0.15) is 0 Å². The Bertz CT molecular complexity index is 1280. The van der Waals surface area contributed by atoms with Crippen molar-refractivity contribution in [3.8, 4) is 0 Å². The predicted octanol–water partition coefficient (Wildman–Crippen LogP) is 2.92. The van der Waals surface area contributed by atoms with Gasteiger partial charge in [-0.25, -0.2) is 19.6 Å². The van der Waals surface area contributed by atoms with Gasteiger partial charge in [-0.1, -0.05) is 0 Å². The van der Waals surface area contributed by atoms with Gasteiger partial charge in [0, 0.05) is 32.4 Å². The van der Waals surface area contributed by atoms with Gasteiger partial charge in [0.15, 0.2) is 0 Å². The smallest absolute Gasteiger partial charge is 0.348 e. The molecule has 0 radical (unpaired) electrons. The number of rotatable bonds is 7. The zero-order chi connectivity index (χ0) is 25.1. The molecule has 4 rings (SSSR count). The van der Waals surface area contributed by atoms with E-state index in [-0.39, 0.29) is 24.2 Å². The van der Waals surface area contributed by atoms with Crippen molar-refractivity contribution in [2.24, 2.45) is 0 Å². The number of carbonyl (C=O) groups is 2. The third kappa shape index (κ3) is 5.06. The Morgan fingerprint density at radius 2 is 1.80 bits per heavy atom. The SMILES string of the molecule is CCOC(=O)c1ccc(N2CCN(C(C)c3nc4sc(C(=O)OCC)c(C)c4c(=O)[nH]3)CC2)nc1. The van der Waals surface area contributed by atoms with Crippen molar-refractivity contribution in [3.63, 3.8) is 0 Å². The number of nitrogens with zero attached hydrogens (tertiary/aromatic N) is 4. The third-order valence-electron chi connectivity index (χ3n) is 6.12. The van der Waals surface area contributed by atoms with Gasteiger partial charge in [-0.3, -0.25) is 9.69 Å². The highest BCUT2D eigenvalue weighted by molar-refractivity contribution is 7.20. The van der Waals surface area contributed by atoms with Crippen molar-refractivity contribution in [3.05, 3.63) is 50.5 Å². The number of esters is 2. The van der Waals surface area contributed by atoms with Crippen LogP contribution >= 0.6 is 11.3 Å². The Balaban J connectivity index is 1.46. The highest BCUT2D eigenvalue weighted by Gasteiger charge is 2.26. The summed E-state index contributed by atoms with van der Waals surface area (Å²) in [6.45, 7) is 10.9. The number of piperazine rings is 1. The van der Waals surface area contributed by atoms with E-state index in [1.165, 1.54) is 11.3 Å². The van der Waals surface area contributed by atoms with E-state index in [2.05, 4.69) is 19.8 Å². The number of hydrogen-bond acceptors (Lipinski definition) is 10. The Morgan fingerprint density at radius 1 is 1.11 bits per heavy atom. The van der Waals surface area contributed by atoms with E-state index in [4.69, 9.17) is 14.5 Å². The lowest BCUT2D eigenvalue weighted by molar-refractivity contribution is 0.0518. The Labute approximate surface area is 206 Å². The standard InChI is InChI=1S/C24H29N5O5S/c1-5-33-23(31)16-7-8-17(25-13-16)29-11-9-28(10-12-29)15(4)20-26-21(30)18-14(3)19(24(32)34-6-2)35-22(18)27-20/h7-8,13,15H,5-6,9-12H2,1-4H3,(H,26,27,30). The van der Waals surface area contributed by atoms with Gasteiger partial charge < -0.3 is 19.4 Å². The minimum Gasteiger partial charge on any atom is -0.462 e. The summed E-state index contributed by atoms with van der Waals surface area (Å²) in [5.74, 6) is 0.573. The fourth-order valence-corrected chi connectivity index (χ4v) is 5.25. The predicted molar refractivity (Wildman–Crippen MR) is 133 cm³/mol. The Morgan fingerprint density at radius 3 is 2.43 bits per heavy atom. The van der Waals surface area contributed by atoms with Crippen LogP contribution in [0.5, 0.6) is 0 Å². The van der Waals surface area contributed by atoms with Crippen LogP contribution in [0.3, 0.4) is 0 Å². The molecule has 1 atom stereocenters. The van der Waals surface area contributed by atoms with E-state index in [0.29, 0.717) is 38.7 Å². The number of aromatic nitrogens is 3. The lowest BCUT2D eigenvalue weighted by Gasteiger charge is -2.38. The molecule has 0 saturated carbocycles. The number of H-pyrrole nitrogens is 1. The van der Waals surface area contributed by atoms with Gasteiger partial charge in [-0.05, 0) is 45.4 Å². The van der Waals surface area contributed by atoms with Gasteiger partial charge in [0.05, 0.1) is 30.2 Å². The normalized spacial score (nSPS) is 15.3. The Hall–Kier alpha value is -3.31. The van der Waals surface area contributed by atoms with Crippen molar-refractivity contribution < 1.29 is 19.1 Å². The van der Waals surface area contributed by atoms with Crippen molar-refractivity contribution in [1.82, 2.24) is 19.9 Å². The molecule has 1 saturated heterocycles. The zero-order valence-electron chi connectivity index (χ0n) is 20.3. The molecular weight excluding hydrogens is 470 g/mol. The van der Waals surface area contributed by atoms with E-state index in [0.717, 1.165) is 32.0 Å². The molecule has 0 spiro atoms. The van der Waals surface area contributed by atoms with Crippen LogP contribution in [0.2, 0.25) is 0 Å². The minimum atomic E-state index is -0.429. The van der Waals surface area contributed by atoms with Crippen LogP contribution in [-0.4, -0.2) is 71.2 Å². The summed E-state index contributed by atoms with van der Waals surface area (Å²) in [6, 6.07) is 3.45. The second-order valence-corrected chi connectivity index (χ2v) is 9.23. The van der Waals surface area contributed by atoms with Gasteiger partial charge in [-0.15, -0.1) is 11.3 Å². The molecule has 1 unspecified atom stereocenters. The maximum Gasteiger partial charge on any atom is 0.348 e. The molecule has 35 heavy (non-hydrogen) atoms. The molecule has 0 aromatic carbocycles. The highest BCUT2D eigenvalue weighted by atomic mass is 32.1. The monoisotopic (exact) mass is 499 g/mol. The van der Waals surface area contributed by atoms with Gasteiger partial charge in [0.2, 0.25) is 0 Å². The van der Waals surface area contributed by atoms with E-state index >= 15 is 0 Å². The third-order valence-corrected chi connectivity index (χ3v) is 7.29. The lowest BCUT2D eigenvalue weighted by Crippen LogP contribution is -2.47. The fourth-order valence-electron chi connectivity index (χ4n) is 4.17. The number of aromatic amines is 1. The average Bonchev–Trinajstić information content (AvgIpc) is 3.21. The molecule has 0 amide bonds.